The van der Waals surface area contributed by atoms with Crippen LogP contribution in [0.25, 0.3) is 0 Å². The molecule has 0 spiro atoms. The van der Waals surface area contributed by atoms with Crippen molar-refractivity contribution in [2.75, 3.05) is 7.05 Å². The molecule has 2 nitrogen and oxygen atoms in total. The van der Waals surface area contributed by atoms with Gasteiger partial charge in [0, 0.05) is 18.7 Å². The molecule has 0 heterocycles. The predicted octanol–water partition coefficient (Wildman–Crippen LogP) is 2.74. The first-order valence-corrected chi connectivity index (χ1v) is 5.57. The summed E-state index contributed by atoms with van der Waals surface area (Å²) in [4.78, 5) is 2.09. The van der Waals surface area contributed by atoms with E-state index in [2.05, 4.69) is 11.8 Å². The van der Waals surface area contributed by atoms with E-state index in [-0.39, 0.29) is 0 Å². The van der Waals surface area contributed by atoms with E-state index < -0.39 is 0 Å². The summed E-state index contributed by atoms with van der Waals surface area (Å²) >= 11 is 0. The van der Waals surface area contributed by atoms with E-state index in [1.54, 1.807) is 0 Å². The molecule has 1 aromatic carbocycles. The SMILES string of the molecule is CC(C1CC1)N(C)C(=N)c1ccccc1. The number of nitrogens with one attached hydrogen (secondary N) is 1. The van der Waals surface area contributed by atoms with E-state index in [1.165, 1.54) is 12.8 Å². The molecule has 1 atom stereocenters. The van der Waals surface area contributed by atoms with Crippen molar-refractivity contribution in [1.82, 2.24) is 4.90 Å². The maximum Gasteiger partial charge on any atom is 0.128 e. The molecule has 1 fully saturated rings. The summed E-state index contributed by atoms with van der Waals surface area (Å²) in [5.74, 6) is 1.44. The van der Waals surface area contributed by atoms with Gasteiger partial charge in [0.2, 0.25) is 0 Å². The summed E-state index contributed by atoms with van der Waals surface area (Å²) in [6.45, 7) is 2.22. The van der Waals surface area contributed by atoms with Crippen LogP contribution in [0.3, 0.4) is 0 Å². The third kappa shape index (κ3) is 2.20. The van der Waals surface area contributed by atoms with Crippen LogP contribution in [-0.2, 0) is 0 Å². The van der Waals surface area contributed by atoms with Crippen LogP contribution in [0.2, 0.25) is 0 Å². The van der Waals surface area contributed by atoms with Crippen LogP contribution >= 0.6 is 0 Å². The average Bonchev–Trinajstić information content (AvgIpc) is 3.11. The molecule has 1 aromatic rings. The quantitative estimate of drug-likeness (QED) is 0.592. The Morgan fingerprint density at radius 3 is 2.47 bits per heavy atom. The molecule has 0 aliphatic heterocycles. The molecule has 0 radical (unpaired) electrons. The summed E-state index contributed by atoms with van der Waals surface area (Å²) in [5, 5.41) is 8.11. The summed E-state index contributed by atoms with van der Waals surface area (Å²) < 4.78 is 0. The molecule has 80 valence electrons. The van der Waals surface area contributed by atoms with Gasteiger partial charge in [0.1, 0.15) is 5.84 Å². The highest BCUT2D eigenvalue weighted by molar-refractivity contribution is 5.96. The Morgan fingerprint density at radius 1 is 1.33 bits per heavy atom. The second kappa shape index (κ2) is 4.05. The Bertz CT molecular complexity index is 341. The summed E-state index contributed by atoms with van der Waals surface area (Å²) in [6.07, 6.45) is 2.65. The first-order valence-electron chi connectivity index (χ1n) is 5.57. The highest BCUT2D eigenvalue weighted by Crippen LogP contribution is 2.34. The first kappa shape index (κ1) is 10.2. The van der Waals surface area contributed by atoms with Gasteiger partial charge in [-0.3, -0.25) is 5.41 Å². The van der Waals surface area contributed by atoms with Gasteiger partial charge in [-0.05, 0) is 25.7 Å². The minimum atomic E-state index is 0.498. The minimum absolute atomic E-state index is 0.498. The van der Waals surface area contributed by atoms with E-state index >= 15 is 0 Å². The van der Waals surface area contributed by atoms with Gasteiger partial charge in [0.05, 0.1) is 0 Å². The lowest BCUT2D eigenvalue weighted by atomic mass is 10.1. The standard InChI is InChI=1S/C13H18N2/c1-10(11-8-9-11)15(2)13(14)12-6-4-3-5-7-12/h3-7,10-11,14H,8-9H2,1-2H3. The monoisotopic (exact) mass is 202 g/mol. The third-order valence-electron chi connectivity index (χ3n) is 3.32. The second-order valence-electron chi connectivity index (χ2n) is 4.40. The molecular weight excluding hydrogens is 184 g/mol. The Labute approximate surface area is 91.4 Å². The summed E-state index contributed by atoms with van der Waals surface area (Å²) in [5.41, 5.74) is 1.01. The normalized spacial score (nSPS) is 17.2. The zero-order chi connectivity index (χ0) is 10.8. The van der Waals surface area contributed by atoms with E-state index in [4.69, 9.17) is 5.41 Å². The fourth-order valence-corrected chi connectivity index (χ4v) is 1.90. The van der Waals surface area contributed by atoms with Crippen LogP contribution in [0.4, 0.5) is 0 Å². The molecule has 0 saturated heterocycles. The van der Waals surface area contributed by atoms with Gasteiger partial charge in [0.15, 0.2) is 0 Å². The van der Waals surface area contributed by atoms with E-state index in [0.717, 1.165) is 11.5 Å². The fourth-order valence-electron chi connectivity index (χ4n) is 1.90. The van der Waals surface area contributed by atoms with Crippen molar-refractivity contribution in [2.24, 2.45) is 5.92 Å². The van der Waals surface area contributed by atoms with Gasteiger partial charge in [0.25, 0.3) is 0 Å². The summed E-state index contributed by atoms with van der Waals surface area (Å²) in [7, 11) is 2.03. The summed E-state index contributed by atoms with van der Waals surface area (Å²) in [6, 6.07) is 10.5. The van der Waals surface area contributed by atoms with Gasteiger partial charge >= 0.3 is 0 Å². The molecule has 15 heavy (non-hydrogen) atoms. The van der Waals surface area contributed by atoms with E-state index in [0.29, 0.717) is 11.9 Å². The van der Waals surface area contributed by atoms with Crippen LogP contribution < -0.4 is 0 Å². The topological polar surface area (TPSA) is 27.1 Å². The molecule has 1 saturated carbocycles. The van der Waals surface area contributed by atoms with Gasteiger partial charge in [-0.1, -0.05) is 30.3 Å². The zero-order valence-electron chi connectivity index (χ0n) is 9.40. The van der Waals surface area contributed by atoms with E-state index in [9.17, 15) is 0 Å². The van der Waals surface area contributed by atoms with Gasteiger partial charge in [-0.2, -0.15) is 0 Å². The lowest BCUT2D eigenvalue weighted by molar-refractivity contribution is 0.352. The van der Waals surface area contributed by atoms with Crippen molar-refractivity contribution < 1.29 is 0 Å². The van der Waals surface area contributed by atoms with Crippen LogP contribution in [0.15, 0.2) is 30.3 Å². The van der Waals surface area contributed by atoms with Gasteiger partial charge < -0.3 is 4.90 Å². The van der Waals surface area contributed by atoms with Crippen molar-refractivity contribution in [3.8, 4) is 0 Å². The van der Waals surface area contributed by atoms with Crippen LogP contribution in [0.1, 0.15) is 25.3 Å². The third-order valence-corrected chi connectivity index (χ3v) is 3.32. The Kier molecular flexibility index (Phi) is 2.76. The second-order valence-corrected chi connectivity index (χ2v) is 4.40. The molecule has 0 bridgehead atoms. The first-order chi connectivity index (χ1) is 7.20. The zero-order valence-corrected chi connectivity index (χ0v) is 9.40. The van der Waals surface area contributed by atoms with Crippen molar-refractivity contribution in [2.45, 2.75) is 25.8 Å². The number of nitrogens with zero attached hydrogens (tertiary/aromatic N) is 1. The molecule has 0 amide bonds. The number of amidine groups is 1. The Balaban J connectivity index is 2.07. The highest BCUT2D eigenvalue weighted by atomic mass is 15.2. The van der Waals surface area contributed by atoms with Crippen LogP contribution in [0.5, 0.6) is 0 Å². The smallest absolute Gasteiger partial charge is 0.128 e. The lowest BCUT2D eigenvalue weighted by Gasteiger charge is -2.27. The Morgan fingerprint density at radius 2 is 1.93 bits per heavy atom. The van der Waals surface area contributed by atoms with Crippen LogP contribution in [-0.4, -0.2) is 23.8 Å². The maximum atomic E-state index is 8.11. The number of hydrogen-bond acceptors (Lipinski definition) is 1. The lowest BCUT2D eigenvalue weighted by Crippen LogP contribution is -2.36. The van der Waals surface area contributed by atoms with Crippen molar-refractivity contribution in [3.63, 3.8) is 0 Å². The minimum Gasteiger partial charge on any atom is -0.357 e. The van der Waals surface area contributed by atoms with Gasteiger partial charge in [-0.15, -0.1) is 0 Å². The molecule has 1 aliphatic rings. The number of benzene rings is 1. The van der Waals surface area contributed by atoms with Crippen molar-refractivity contribution >= 4 is 5.84 Å². The molecule has 1 unspecified atom stereocenters. The number of rotatable bonds is 3. The molecule has 1 N–H and O–H groups in total. The highest BCUT2D eigenvalue weighted by Gasteiger charge is 2.31. The molecule has 1 aliphatic carbocycles. The molecule has 0 aromatic heterocycles. The number of hydrogen-bond donors (Lipinski definition) is 1. The maximum absolute atomic E-state index is 8.11. The molecule has 2 rings (SSSR count). The van der Waals surface area contributed by atoms with Crippen molar-refractivity contribution in [3.05, 3.63) is 35.9 Å². The average molecular weight is 202 g/mol. The molecular formula is C13H18N2. The van der Waals surface area contributed by atoms with Crippen molar-refractivity contribution in [1.29, 1.82) is 5.41 Å². The fraction of sp³-hybridized carbons (Fsp3) is 0.462. The Hall–Kier alpha value is -1.31. The largest absolute Gasteiger partial charge is 0.357 e. The molecule has 2 heteroatoms. The van der Waals surface area contributed by atoms with Gasteiger partial charge in [-0.25, -0.2) is 0 Å². The van der Waals surface area contributed by atoms with E-state index in [1.807, 2.05) is 37.4 Å². The predicted molar refractivity (Wildman–Crippen MR) is 63.2 cm³/mol. The van der Waals surface area contributed by atoms with Crippen LogP contribution in [0, 0.1) is 11.3 Å².